The molecule has 0 aromatic heterocycles. The summed E-state index contributed by atoms with van der Waals surface area (Å²) in [7, 11) is 0. The molecule has 0 atom stereocenters. The van der Waals surface area contributed by atoms with Crippen molar-refractivity contribution in [1.29, 1.82) is 0 Å². The van der Waals surface area contributed by atoms with Crippen LogP contribution in [0.1, 0.15) is 32.3 Å². The van der Waals surface area contributed by atoms with E-state index in [-0.39, 0.29) is 12.0 Å². The van der Waals surface area contributed by atoms with E-state index in [4.69, 9.17) is 0 Å². The lowest BCUT2D eigenvalue weighted by Crippen LogP contribution is -2.32. The van der Waals surface area contributed by atoms with Crippen LogP contribution in [0.2, 0.25) is 0 Å². The van der Waals surface area contributed by atoms with Gasteiger partial charge in [0.2, 0.25) is 0 Å². The third-order valence-electron chi connectivity index (χ3n) is 3.66. The van der Waals surface area contributed by atoms with Crippen LogP contribution in [0.4, 0.5) is 5.69 Å². The lowest BCUT2D eigenvalue weighted by atomic mass is 9.83. The zero-order chi connectivity index (χ0) is 13.8. The fourth-order valence-electron chi connectivity index (χ4n) is 1.92. The van der Waals surface area contributed by atoms with Crippen molar-refractivity contribution in [2.45, 2.75) is 33.6 Å². The Morgan fingerprint density at radius 1 is 1.17 bits per heavy atom. The summed E-state index contributed by atoms with van der Waals surface area (Å²) >= 11 is 7.15. The maximum Gasteiger partial charge on any atom is 0.0629 e. The summed E-state index contributed by atoms with van der Waals surface area (Å²) in [5.41, 5.74) is 2.23. The molecule has 0 bridgehead atoms. The van der Waals surface area contributed by atoms with Crippen LogP contribution in [0.15, 0.2) is 21.1 Å². The minimum Gasteiger partial charge on any atom is -0.396 e. The van der Waals surface area contributed by atoms with Crippen LogP contribution in [-0.4, -0.2) is 18.3 Å². The van der Waals surface area contributed by atoms with Crippen LogP contribution in [-0.2, 0) is 0 Å². The van der Waals surface area contributed by atoms with Gasteiger partial charge >= 0.3 is 0 Å². The summed E-state index contributed by atoms with van der Waals surface area (Å²) in [5.74, 6) is 0. The van der Waals surface area contributed by atoms with Crippen molar-refractivity contribution >= 4 is 37.5 Å². The number of anilines is 1. The molecule has 0 saturated carbocycles. The van der Waals surface area contributed by atoms with E-state index in [1.54, 1.807) is 0 Å². The van der Waals surface area contributed by atoms with Crippen molar-refractivity contribution in [1.82, 2.24) is 0 Å². The second-order valence-corrected chi connectivity index (χ2v) is 6.53. The van der Waals surface area contributed by atoms with Crippen LogP contribution >= 0.6 is 31.9 Å². The zero-order valence-corrected chi connectivity index (χ0v) is 14.4. The van der Waals surface area contributed by atoms with Gasteiger partial charge < -0.3 is 10.4 Å². The zero-order valence-electron chi connectivity index (χ0n) is 11.2. The van der Waals surface area contributed by atoms with Crippen molar-refractivity contribution in [3.8, 4) is 0 Å². The van der Waals surface area contributed by atoms with Gasteiger partial charge in [0.15, 0.2) is 0 Å². The smallest absolute Gasteiger partial charge is 0.0629 e. The first-order valence-electron chi connectivity index (χ1n) is 6.28. The van der Waals surface area contributed by atoms with Crippen LogP contribution in [0, 0.1) is 12.3 Å². The number of aliphatic hydroxyl groups excluding tert-OH is 1. The van der Waals surface area contributed by atoms with Crippen molar-refractivity contribution < 1.29 is 5.11 Å². The van der Waals surface area contributed by atoms with Gasteiger partial charge in [-0.15, -0.1) is 0 Å². The van der Waals surface area contributed by atoms with E-state index in [1.165, 1.54) is 5.56 Å². The molecule has 0 aliphatic carbocycles. The first kappa shape index (κ1) is 16.0. The van der Waals surface area contributed by atoms with Crippen molar-refractivity contribution in [3.05, 3.63) is 26.6 Å². The standard InChI is InChI=1S/C14H21Br2NO/c1-4-14(5-2,9-18)8-17-13-11(15)6-10(3)7-12(13)16/h6-7,17-18H,4-5,8-9H2,1-3H3. The lowest BCUT2D eigenvalue weighted by molar-refractivity contribution is 0.127. The summed E-state index contributed by atoms with van der Waals surface area (Å²) in [6.07, 6.45) is 1.93. The molecule has 4 heteroatoms. The molecule has 1 aromatic carbocycles. The lowest BCUT2D eigenvalue weighted by Gasteiger charge is -2.30. The second-order valence-electron chi connectivity index (χ2n) is 4.82. The number of halogens is 2. The van der Waals surface area contributed by atoms with E-state index in [2.05, 4.69) is 70.1 Å². The van der Waals surface area contributed by atoms with Gasteiger partial charge in [-0.05, 0) is 69.3 Å². The van der Waals surface area contributed by atoms with Gasteiger partial charge in [-0.2, -0.15) is 0 Å². The van der Waals surface area contributed by atoms with Crippen molar-refractivity contribution in [2.24, 2.45) is 5.41 Å². The number of hydrogen-bond acceptors (Lipinski definition) is 2. The SMILES string of the molecule is CCC(CC)(CO)CNc1c(Br)cc(C)cc1Br. The topological polar surface area (TPSA) is 32.3 Å². The third kappa shape index (κ3) is 3.72. The predicted octanol–water partition coefficient (Wildman–Crippen LogP) is 4.73. The minimum atomic E-state index is -0.0379. The molecular weight excluding hydrogens is 358 g/mol. The van der Waals surface area contributed by atoms with Gasteiger partial charge in [0.1, 0.15) is 0 Å². The summed E-state index contributed by atoms with van der Waals surface area (Å²) in [6, 6.07) is 4.18. The molecule has 18 heavy (non-hydrogen) atoms. The molecule has 0 heterocycles. The fraction of sp³-hybridized carbons (Fsp3) is 0.571. The summed E-state index contributed by atoms with van der Waals surface area (Å²) < 4.78 is 2.10. The Kier molecular flexibility index (Phi) is 6.15. The number of benzene rings is 1. The van der Waals surface area contributed by atoms with Crippen LogP contribution in [0.3, 0.4) is 0 Å². The molecule has 0 unspecified atom stereocenters. The second kappa shape index (κ2) is 6.92. The van der Waals surface area contributed by atoms with E-state index >= 15 is 0 Å². The molecule has 0 saturated heterocycles. The molecule has 0 aliphatic rings. The highest BCUT2D eigenvalue weighted by molar-refractivity contribution is 9.11. The third-order valence-corrected chi connectivity index (χ3v) is 4.91. The Bertz CT molecular complexity index is 372. The Morgan fingerprint density at radius 2 is 1.67 bits per heavy atom. The molecule has 1 rings (SSSR count). The number of aliphatic hydroxyl groups is 1. The molecule has 102 valence electrons. The van der Waals surface area contributed by atoms with E-state index in [9.17, 15) is 5.11 Å². The minimum absolute atomic E-state index is 0.0379. The highest BCUT2D eigenvalue weighted by Crippen LogP contribution is 2.34. The Hall–Kier alpha value is -0.0600. The molecule has 0 amide bonds. The Labute approximate surface area is 126 Å². The van der Waals surface area contributed by atoms with E-state index < -0.39 is 0 Å². The molecule has 0 spiro atoms. The molecule has 0 fully saturated rings. The van der Waals surface area contributed by atoms with Gasteiger partial charge in [0, 0.05) is 20.9 Å². The summed E-state index contributed by atoms with van der Waals surface area (Å²) in [6.45, 7) is 7.31. The average Bonchev–Trinajstić information content (AvgIpc) is 2.33. The van der Waals surface area contributed by atoms with Gasteiger partial charge in [-0.3, -0.25) is 0 Å². The van der Waals surface area contributed by atoms with E-state index in [0.29, 0.717) is 0 Å². The van der Waals surface area contributed by atoms with Gasteiger partial charge in [-0.1, -0.05) is 13.8 Å². The molecule has 1 aromatic rings. The van der Waals surface area contributed by atoms with Gasteiger partial charge in [-0.25, -0.2) is 0 Å². The van der Waals surface area contributed by atoms with E-state index in [1.807, 2.05) is 0 Å². The molecule has 0 aliphatic heterocycles. The first-order chi connectivity index (χ1) is 8.48. The maximum absolute atomic E-state index is 9.57. The number of aryl methyl sites for hydroxylation is 1. The maximum atomic E-state index is 9.57. The van der Waals surface area contributed by atoms with Gasteiger partial charge in [0.05, 0.1) is 12.3 Å². The molecule has 0 radical (unpaired) electrons. The molecule has 2 N–H and O–H groups in total. The Balaban J connectivity index is 2.86. The largest absolute Gasteiger partial charge is 0.396 e. The quantitative estimate of drug-likeness (QED) is 0.749. The van der Waals surface area contributed by atoms with E-state index in [0.717, 1.165) is 34.0 Å². The monoisotopic (exact) mass is 377 g/mol. The highest BCUT2D eigenvalue weighted by atomic mass is 79.9. The van der Waals surface area contributed by atoms with Crippen LogP contribution < -0.4 is 5.32 Å². The van der Waals surface area contributed by atoms with Crippen molar-refractivity contribution in [3.63, 3.8) is 0 Å². The van der Waals surface area contributed by atoms with Crippen molar-refractivity contribution in [2.75, 3.05) is 18.5 Å². The number of hydrogen-bond donors (Lipinski definition) is 2. The highest BCUT2D eigenvalue weighted by Gasteiger charge is 2.25. The summed E-state index contributed by atoms with van der Waals surface area (Å²) in [4.78, 5) is 0. The Morgan fingerprint density at radius 3 is 2.06 bits per heavy atom. The van der Waals surface area contributed by atoms with Gasteiger partial charge in [0.25, 0.3) is 0 Å². The summed E-state index contributed by atoms with van der Waals surface area (Å²) in [5, 5.41) is 13.0. The number of rotatable bonds is 6. The molecule has 2 nitrogen and oxygen atoms in total. The normalized spacial score (nSPS) is 11.7. The average molecular weight is 379 g/mol. The number of nitrogens with one attached hydrogen (secondary N) is 1. The molecular formula is C14H21Br2NO. The van der Waals surface area contributed by atoms with Crippen LogP contribution in [0.25, 0.3) is 0 Å². The predicted molar refractivity (Wildman–Crippen MR) is 85.2 cm³/mol. The van der Waals surface area contributed by atoms with Crippen LogP contribution in [0.5, 0.6) is 0 Å². The fourth-order valence-corrected chi connectivity index (χ4v) is 3.62. The first-order valence-corrected chi connectivity index (χ1v) is 7.87.